The molecule has 10 nitrogen and oxygen atoms in total. The van der Waals surface area contributed by atoms with Crippen molar-refractivity contribution in [2.24, 2.45) is 5.90 Å². The number of aryl methyl sites for hydroxylation is 2. The molecule has 0 aliphatic rings. The topological polar surface area (TPSA) is 150 Å². The Kier molecular flexibility index (Phi) is 10.1. The highest BCUT2D eigenvalue weighted by atomic mass is 32.2. The highest BCUT2D eigenvalue weighted by molar-refractivity contribution is 7.86. The molecule has 42 heavy (non-hydrogen) atoms. The van der Waals surface area contributed by atoms with Crippen LogP contribution < -0.4 is 16.5 Å². The van der Waals surface area contributed by atoms with Crippen LogP contribution in [0.5, 0.6) is 0 Å². The molecule has 0 spiro atoms. The fourth-order valence-corrected chi connectivity index (χ4v) is 5.98. The lowest BCUT2D eigenvalue weighted by Crippen LogP contribution is -2.49. The minimum atomic E-state index is -4.06. The first kappa shape index (κ1) is 30.8. The van der Waals surface area contributed by atoms with E-state index in [-0.39, 0.29) is 11.3 Å². The largest absolute Gasteiger partial charge is 0.453 e. The van der Waals surface area contributed by atoms with Gasteiger partial charge in [-0.1, -0.05) is 59.7 Å². The molecule has 0 unspecified atom stereocenters. The van der Waals surface area contributed by atoms with E-state index >= 15 is 0 Å². The molecule has 4 N–H and O–H groups in total. The van der Waals surface area contributed by atoms with Crippen LogP contribution in [-0.4, -0.2) is 38.6 Å². The lowest BCUT2D eigenvalue weighted by molar-refractivity contribution is -0.123. The van der Waals surface area contributed by atoms with Gasteiger partial charge in [0.1, 0.15) is 11.0 Å². The third-order valence-electron chi connectivity index (χ3n) is 6.51. The number of rotatable bonds is 11. The second-order valence-corrected chi connectivity index (χ2v) is 12.2. The van der Waals surface area contributed by atoms with Gasteiger partial charge in [-0.2, -0.15) is 18.6 Å². The fourth-order valence-electron chi connectivity index (χ4n) is 4.52. The maximum Gasteiger partial charge on any atom is 0.407 e. The average molecular weight is 609 g/mol. The van der Waals surface area contributed by atoms with E-state index in [4.69, 9.17) is 15.6 Å². The van der Waals surface area contributed by atoms with Crippen molar-refractivity contribution in [1.82, 2.24) is 15.6 Å². The molecule has 2 atom stereocenters. The third kappa shape index (κ3) is 8.01. The lowest BCUT2D eigenvalue weighted by Gasteiger charge is -2.22. The first-order valence-corrected chi connectivity index (χ1v) is 15.3. The second-order valence-electron chi connectivity index (χ2n) is 9.79. The Morgan fingerprint density at radius 3 is 2.19 bits per heavy atom. The number of hydrogen-bond donors (Lipinski definition) is 3. The number of nitrogens with zero attached hydrogens (tertiary/aromatic N) is 1. The standard InChI is InChI=1S/C30H32N4O6S2/c1-19-13-20(2)15-23(14-19)27-18-41-29(33-27)26(17-22-9-11-24(12-10-22)42(37,38)40-31)32-28(35)25(34-30(36)39-3)16-21-7-5-4-6-8-21/h4-15,18,25-26H,16-17,31H2,1-3H3,(H,32,35)(H,34,36)/t25-,26-/m0/s1. The minimum absolute atomic E-state index is 0.0918. The molecule has 0 aliphatic heterocycles. The molecule has 12 heteroatoms. The highest BCUT2D eigenvalue weighted by Gasteiger charge is 2.27. The smallest absolute Gasteiger partial charge is 0.407 e. The quantitative estimate of drug-likeness (QED) is 0.213. The van der Waals surface area contributed by atoms with E-state index in [1.54, 1.807) is 12.1 Å². The number of amides is 2. The van der Waals surface area contributed by atoms with E-state index in [2.05, 4.69) is 21.0 Å². The van der Waals surface area contributed by atoms with Gasteiger partial charge in [0.2, 0.25) is 5.91 Å². The zero-order valence-corrected chi connectivity index (χ0v) is 25.0. The van der Waals surface area contributed by atoms with Gasteiger partial charge in [-0.15, -0.1) is 11.3 Å². The molecule has 3 aromatic carbocycles. The van der Waals surface area contributed by atoms with Crippen molar-refractivity contribution in [3.8, 4) is 11.3 Å². The molecular formula is C30H32N4O6S2. The monoisotopic (exact) mass is 608 g/mol. The molecule has 0 aliphatic carbocycles. The number of methoxy groups -OCH3 is 1. The summed E-state index contributed by atoms with van der Waals surface area (Å²) in [5.74, 6) is 4.48. The number of carbonyl (C=O) groups excluding carboxylic acids is 2. The Balaban J connectivity index is 1.65. The number of thiazole rings is 1. The van der Waals surface area contributed by atoms with Crippen LogP contribution in [0, 0.1) is 13.8 Å². The van der Waals surface area contributed by atoms with Crippen LogP contribution in [0.4, 0.5) is 4.79 Å². The predicted octanol–water partition coefficient (Wildman–Crippen LogP) is 4.37. The first-order chi connectivity index (χ1) is 20.1. The normalized spacial score (nSPS) is 12.8. The average Bonchev–Trinajstić information content (AvgIpc) is 3.47. The van der Waals surface area contributed by atoms with Crippen molar-refractivity contribution in [1.29, 1.82) is 0 Å². The van der Waals surface area contributed by atoms with E-state index in [1.165, 1.54) is 30.6 Å². The van der Waals surface area contributed by atoms with E-state index < -0.39 is 34.2 Å². The molecule has 0 radical (unpaired) electrons. The SMILES string of the molecule is COC(=O)N[C@@H](Cc1ccccc1)C(=O)N[C@@H](Cc1ccc(S(=O)(=O)ON)cc1)c1nc(-c2cc(C)cc(C)c2)cs1. The summed E-state index contributed by atoms with van der Waals surface area (Å²) in [6, 6.07) is 20.0. The van der Waals surface area contributed by atoms with Crippen molar-refractivity contribution in [3.63, 3.8) is 0 Å². The number of nitrogens with two attached hydrogens (primary N) is 1. The molecule has 1 aromatic heterocycles. The number of benzene rings is 3. The molecule has 0 saturated heterocycles. The Morgan fingerprint density at radius 1 is 0.929 bits per heavy atom. The fraction of sp³-hybridized carbons (Fsp3) is 0.233. The summed E-state index contributed by atoms with van der Waals surface area (Å²) in [7, 11) is -2.82. The van der Waals surface area contributed by atoms with Gasteiger partial charge < -0.3 is 15.4 Å². The summed E-state index contributed by atoms with van der Waals surface area (Å²) < 4.78 is 32.8. The molecule has 0 saturated carbocycles. The van der Waals surface area contributed by atoms with E-state index in [0.717, 1.165) is 33.5 Å². The van der Waals surface area contributed by atoms with E-state index in [1.807, 2.05) is 61.7 Å². The van der Waals surface area contributed by atoms with Gasteiger partial charge >= 0.3 is 16.2 Å². The van der Waals surface area contributed by atoms with Crippen molar-refractivity contribution >= 4 is 33.5 Å². The van der Waals surface area contributed by atoms with Crippen LogP contribution in [-0.2, 0) is 36.8 Å². The van der Waals surface area contributed by atoms with Crippen molar-refractivity contribution < 1.29 is 27.0 Å². The third-order valence-corrected chi connectivity index (χ3v) is 8.57. The van der Waals surface area contributed by atoms with Crippen LogP contribution in [0.1, 0.15) is 33.3 Å². The highest BCUT2D eigenvalue weighted by Crippen LogP contribution is 2.29. The van der Waals surface area contributed by atoms with Gasteiger partial charge in [0.05, 0.1) is 23.7 Å². The maximum absolute atomic E-state index is 13.6. The van der Waals surface area contributed by atoms with Crippen molar-refractivity contribution in [2.75, 3.05) is 7.11 Å². The number of alkyl carbamates (subject to hydrolysis) is 1. The molecule has 220 valence electrons. The molecule has 0 fully saturated rings. The lowest BCUT2D eigenvalue weighted by atomic mass is 10.0. The summed E-state index contributed by atoms with van der Waals surface area (Å²) in [5.41, 5.74) is 5.55. The summed E-state index contributed by atoms with van der Waals surface area (Å²) in [6.07, 6.45) is -0.190. The van der Waals surface area contributed by atoms with Crippen LogP contribution in [0.15, 0.2) is 83.1 Å². The summed E-state index contributed by atoms with van der Waals surface area (Å²) >= 11 is 1.40. The second kappa shape index (κ2) is 13.7. The van der Waals surface area contributed by atoms with Crippen LogP contribution in [0.2, 0.25) is 0 Å². The van der Waals surface area contributed by atoms with Gasteiger partial charge in [-0.3, -0.25) is 4.79 Å². The Bertz CT molecular complexity index is 1620. The summed E-state index contributed by atoms with van der Waals surface area (Å²) in [6.45, 7) is 4.04. The molecular weight excluding hydrogens is 576 g/mol. The summed E-state index contributed by atoms with van der Waals surface area (Å²) in [5, 5.41) is 8.26. The molecule has 0 bridgehead atoms. The van der Waals surface area contributed by atoms with Crippen molar-refractivity contribution in [3.05, 3.63) is 105 Å². The molecule has 1 heterocycles. The number of hydrogen-bond acceptors (Lipinski definition) is 9. The van der Waals surface area contributed by atoms with Gasteiger partial charge in [0.15, 0.2) is 0 Å². The Morgan fingerprint density at radius 2 is 1.57 bits per heavy atom. The number of ether oxygens (including phenoxy) is 1. The predicted molar refractivity (Wildman–Crippen MR) is 160 cm³/mol. The number of nitrogens with one attached hydrogen (secondary N) is 2. The van der Waals surface area contributed by atoms with Gasteiger partial charge in [0.25, 0.3) is 0 Å². The van der Waals surface area contributed by atoms with Gasteiger partial charge in [-0.25, -0.2) is 9.78 Å². The first-order valence-electron chi connectivity index (χ1n) is 13.0. The van der Waals surface area contributed by atoms with Crippen molar-refractivity contribution in [2.45, 2.75) is 43.7 Å². The zero-order valence-electron chi connectivity index (χ0n) is 23.4. The summed E-state index contributed by atoms with van der Waals surface area (Å²) in [4.78, 5) is 30.5. The Hall–Kier alpha value is -4.10. The molecule has 4 aromatic rings. The van der Waals surface area contributed by atoms with E-state index in [0.29, 0.717) is 11.4 Å². The molecule has 4 rings (SSSR count). The maximum atomic E-state index is 13.6. The van der Waals surface area contributed by atoms with E-state index in [9.17, 15) is 18.0 Å². The Labute approximate surface area is 249 Å². The van der Waals surface area contributed by atoms with Gasteiger partial charge in [0, 0.05) is 17.4 Å². The zero-order chi connectivity index (χ0) is 30.3. The van der Waals surface area contributed by atoms with Crippen LogP contribution in [0.25, 0.3) is 11.3 Å². The van der Waals surface area contributed by atoms with Crippen LogP contribution in [0.3, 0.4) is 0 Å². The van der Waals surface area contributed by atoms with Crippen LogP contribution >= 0.6 is 11.3 Å². The molecule has 2 amide bonds. The number of aromatic nitrogens is 1. The van der Waals surface area contributed by atoms with Gasteiger partial charge in [-0.05, 0) is 55.7 Å². The number of carbonyl (C=O) groups is 2. The minimum Gasteiger partial charge on any atom is -0.453 e.